The minimum absolute atomic E-state index is 0.154. The summed E-state index contributed by atoms with van der Waals surface area (Å²) in [5.41, 5.74) is 1.77. The molecule has 2 aromatic rings. The Bertz CT molecular complexity index is 982. The highest BCUT2D eigenvalue weighted by Gasteiger charge is 2.18. The monoisotopic (exact) mass is 424 g/mol. The number of hydrogen-bond donors (Lipinski definition) is 1. The van der Waals surface area contributed by atoms with Gasteiger partial charge in [-0.2, -0.15) is 0 Å². The Labute approximate surface area is 182 Å². The van der Waals surface area contributed by atoms with Crippen LogP contribution in [0.5, 0.6) is 11.5 Å². The third-order valence-electron chi connectivity index (χ3n) is 4.25. The lowest BCUT2D eigenvalue weighted by atomic mass is 10.1. The molecule has 0 aliphatic carbocycles. The van der Waals surface area contributed by atoms with Gasteiger partial charge in [-0.15, -0.1) is 0 Å². The van der Waals surface area contributed by atoms with Gasteiger partial charge in [-0.25, -0.2) is 0 Å². The molecule has 0 aliphatic rings. The van der Waals surface area contributed by atoms with Crippen molar-refractivity contribution in [2.24, 2.45) is 0 Å². The van der Waals surface area contributed by atoms with Crippen LogP contribution in [-0.2, 0) is 9.59 Å². The topological polar surface area (TPSA) is 84.9 Å². The van der Waals surface area contributed by atoms with Crippen molar-refractivity contribution < 1.29 is 23.9 Å². The van der Waals surface area contributed by atoms with Crippen LogP contribution in [0, 0.1) is 0 Å². The molecule has 164 valence electrons. The summed E-state index contributed by atoms with van der Waals surface area (Å²) in [4.78, 5) is 37.3. The predicted molar refractivity (Wildman–Crippen MR) is 121 cm³/mol. The second-order valence-corrected chi connectivity index (χ2v) is 7.09. The normalized spacial score (nSPS) is 11.6. The first-order valence-corrected chi connectivity index (χ1v) is 9.96. The van der Waals surface area contributed by atoms with Crippen molar-refractivity contribution in [2.75, 3.05) is 26.0 Å². The van der Waals surface area contributed by atoms with Crippen LogP contribution < -0.4 is 14.8 Å². The number of nitrogens with zero attached hydrogens (tertiary/aromatic N) is 1. The van der Waals surface area contributed by atoms with Gasteiger partial charge in [0.2, 0.25) is 5.91 Å². The maximum absolute atomic E-state index is 12.5. The van der Waals surface area contributed by atoms with Crippen LogP contribution in [0.4, 0.5) is 5.69 Å². The van der Waals surface area contributed by atoms with Crippen molar-refractivity contribution in [2.45, 2.75) is 26.9 Å². The standard InChI is InChI=1S/C24H28N2O5/c1-6-30-23-14-18(11-13-22(23)31-16(2)24(29)26(4)5)10-12-21(28)19-8-7-9-20(15-19)25-17(3)27/h7-16H,6H2,1-5H3,(H,25,27)/b12-10+/t16-/m0/s1. The van der Waals surface area contributed by atoms with E-state index in [1.165, 1.54) is 17.9 Å². The maximum atomic E-state index is 12.5. The third-order valence-corrected chi connectivity index (χ3v) is 4.25. The molecule has 0 fully saturated rings. The van der Waals surface area contributed by atoms with E-state index < -0.39 is 6.10 Å². The molecule has 0 saturated carbocycles. The van der Waals surface area contributed by atoms with E-state index in [0.717, 1.165) is 5.56 Å². The molecule has 0 heterocycles. The average Bonchev–Trinajstić information content (AvgIpc) is 2.72. The van der Waals surface area contributed by atoms with Gasteiger partial charge in [0, 0.05) is 32.3 Å². The van der Waals surface area contributed by atoms with E-state index >= 15 is 0 Å². The largest absolute Gasteiger partial charge is 0.490 e. The van der Waals surface area contributed by atoms with E-state index in [-0.39, 0.29) is 17.6 Å². The number of ether oxygens (including phenoxy) is 2. The van der Waals surface area contributed by atoms with Crippen molar-refractivity contribution in [3.05, 3.63) is 59.7 Å². The molecule has 0 aliphatic heterocycles. The van der Waals surface area contributed by atoms with E-state index in [1.54, 1.807) is 69.6 Å². The molecule has 0 unspecified atom stereocenters. The summed E-state index contributed by atoms with van der Waals surface area (Å²) >= 11 is 0. The first kappa shape index (κ1) is 23.7. The molecule has 0 aromatic heterocycles. The van der Waals surface area contributed by atoms with Crippen LogP contribution >= 0.6 is 0 Å². The zero-order valence-corrected chi connectivity index (χ0v) is 18.5. The lowest BCUT2D eigenvalue weighted by Crippen LogP contribution is -2.35. The summed E-state index contributed by atoms with van der Waals surface area (Å²) in [5.74, 6) is 0.390. The molecule has 0 bridgehead atoms. The van der Waals surface area contributed by atoms with Gasteiger partial charge >= 0.3 is 0 Å². The van der Waals surface area contributed by atoms with E-state index in [1.807, 2.05) is 6.92 Å². The Morgan fingerprint density at radius 3 is 2.48 bits per heavy atom. The number of carbonyl (C=O) groups is 3. The fourth-order valence-electron chi connectivity index (χ4n) is 2.82. The van der Waals surface area contributed by atoms with Crippen molar-refractivity contribution in [1.29, 1.82) is 0 Å². The smallest absolute Gasteiger partial charge is 0.262 e. The van der Waals surface area contributed by atoms with Crippen molar-refractivity contribution >= 4 is 29.4 Å². The Kier molecular flexibility index (Phi) is 8.37. The number of benzene rings is 2. The Morgan fingerprint density at radius 1 is 1.10 bits per heavy atom. The molecule has 31 heavy (non-hydrogen) atoms. The molecule has 2 aromatic carbocycles. The number of rotatable bonds is 9. The molecular formula is C24H28N2O5. The van der Waals surface area contributed by atoms with Gasteiger partial charge < -0.3 is 19.7 Å². The Hall–Kier alpha value is -3.61. The molecule has 1 N–H and O–H groups in total. The summed E-state index contributed by atoms with van der Waals surface area (Å²) in [6.45, 7) is 5.37. The zero-order valence-electron chi connectivity index (χ0n) is 18.5. The first-order chi connectivity index (χ1) is 14.7. The zero-order chi connectivity index (χ0) is 23.0. The van der Waals surface area contributed by atoms with Gasteiger partial charge in [0.25, 0.3) is 5.91 Å². The molecule has 7 nitrogen and oxygen atoms in total. The summed E-state index contributed by atoms with van der Waals surface area (Å²) < 4.78 is 11.4. The Balaban J connectivity index is 2.18. The van der Waals surface area contributed by atoms with Gasteiger partial charge in [-0.1, -0.05) is 24.3 Å². The van der Waals surface area contributed by atoms with Gasteiger partial charge in [-0.3, -0.25) is 14.4 Å². The summed E-state index contributed by atoms with van der Waals surface area (Å²) in [6, 6.07) is 12.0. The van der Waals surface area contributed by atoms with Gasteiger partial charge in [0.15, 0.2) is 23.4 Å². The fourth-order valence-corrected chi connectivity index (χ4v) is 2.82. The molecule has 0 saturated heterocycles. The SMILES string of the molecule is CCOc1cc(/C=C/C(=O)c2cccc(NC(C)=O)c2)ccc1O[C@@H](C)C(=O)N(C)C. The quantitative estimate of drug-likeness (QED) is 0.489. The fraction of sp³-hybridized carbons (Fsp3) is 0.292. The number of amides is 2. The highest BCUT2D eigenvalue weighted by atomic mass is 16.5. The molecule has 0 radical (unpaired) electrons. The van der Waals surface area contributed by atoms with Crippen LogP contribution in [0.25, 0.3) is 6.08 Å². The maximum Gasteiger partial charge on any atom is 0.262 e. The second-order valence-electron chi connectivity index (χ2n) is 7.09. The summed E-state index contributed by atoms with van der Waals surface area (Å²) in [7, 11) is 3.34. The molecule has 2 rings (SSSR count). The van der Waals surface area contributed by atoms with E-state index in [2.05, 4.69) is 5.32 Å². The number of likely N-dealkylation sites (N-methyl/N-ethyl adjacent to an activating group) is 1. The molecule has 1 atom stereocenters. The average molecular weight is 424 g/mol. The summed E-state index contributed by atoms with van der Waals surface area (Å²) in [5, 5.41) is 2.66. The van der Waals surface area contributed by atoms with Crippen LogP contribution in [0.15, 0.2) is 48.5 Å². The molecule has 0 spiro atoms. The molecule has 2 amide bonds. The Morgan fingerprint density at radius 2 is 1.84 bits per heavy atom. The van der Waals surface area contributed by atoms with Gasteiger partial charge in [0.05, 0.1) is 6.61 Å². The molecular weight excluding hydrogens is 396 g/mol. The third kappa shape index (κ3) is 6.99. The number of nitrogens with one attached hydrogen (secondary N) is 1. The lowest BCUT2D eigenvalue weighted by Gasteiger charge is -2.20. The van der Waals surface area contributed by atoms with E-state index in [0.29, 0.717) is 29.4 Å². The van der Waals surface area contributed by atoms with Crippen LogP contribution in [-0.4, -0.2) is 49.3 Å². The number of hydrogen-bond acceptors (Lipinski definition) is 5. The van der Waals surface area contributed by atoms with E-state index in [4.69, 9.17) is 9.47 Å². The number of allylic oxidation sites excluding steroid dienone is 1. The number of ketones is 1. The minimum Gasteiger partial charge on any atom is -0.490 e. The highest BCUT2D eigenvalue weighted by Crippen LogP contribution is 2.30. The predicted octanol–water partition coefficient (Wildman–Crippen LogP) is 3.80. The van der Waals surface area contributed by atoms with Crippen LogP contribution in [0.1, 0.15) is 36.7 Å². The molecule has 7 heteroatoms. The second kappa shape index (κ2) is 11.0. The summed E-state index contributed by atoms with van der Waals surface area (Å²) in [6.07, 6.45) is 2.47. The van der Waals surface area contributed by atoms with E-state index in [9.17, 15) is 14.4 Å². The van der Waals surface area contributed by atoms with Crippen molar-refractivity contribution in [3.8, 4) is 11.5 Å². The minimum atomic E-state index is -0.659. The van der Waals surface area contributed by atoms with Crippen molar-refractivity contribution in [3.63, 3.8) is 0 Å². The van der Waals surface area contributed by atoms with Crippen molar-refractivity contribution in [1.82, 2.24) is 4.90 Å². The lowest BCUT2D eigenvalue weighted by molar-refractivity contribution is -0.135. The number of carbonyl (C=O) groups excluding carboxylic acids is 3. The van der Waals surface area contributed by atoms with Crippen LogP contribution in [0.2, 0.25) is 0 Å². The first-order valence-electron chi connectivity index (χ1n) is 9.96. The van der Waals surface area contributed by atoms with Crippen LogP contribution in [0.3, 0.4) is 0 Å². The number of anilines is 1. The van der Waals surface area contributed by atoms with Gasteiger partial charge in [0.1, 0.15) is 0 Å². The highest BCUT2D eigenvalue weighted by molar-refractivity contribution is 6.07. The van der Waals surface area contributed by atoms with Gasteiger partial charge in [-0.05, 0) is 49.8 Å².